The minimum atomic E-state index is 0.379. The summed E-state index contributed by atoms with van der Waals surface area (Å²) in [7, 11) is 0. The maximum absolute atomic E-state index is 6.20. The fourth-order valence-corrected chi connectivity index (χ4v) is 3.64. The standard InChI is InChI=1S/C23H28O2.C5H10/c1-7-8-9-24-21-13-20-19-10-16(6)17(14(2)3)11-22(19)25-23(20)12-18(21)15(4)5;1-3-5-4-2/h7,10-15H,1,8-9H2,2-6H3;3H,1,4-5H2,2H3. The third kappa shape index (κ3) is 5.56. The van der Waals surface area contributed by atoms with E-state index >= 15 is 0 Å². The summed E-state index contributed by atoms with van der Waals surface area (Å²) in [5.41, 5.74) is 5.75. The molecule has 0 N–H and O–H groups in total. The molecule has 0 unspecified atom stereocenters. The van der Waals surface area contributed by atoms with Gasteiger partial charge in [0.2, 0.25) is 0 Å². The number of fused-ring (bicyclic) bond motifs is 3. The Kier molecular flexibility index (Phi) is 8.77. The second-order valence-electron chi connectivity index (χ2n) is 8.51. The first-order valence-electron chi connectivity index (χ1n) is 11.2. The minimum Gasteiger partial charge on any atom is -0.493 e. The van der Waals surface area contributed by atoms with Crippen LogP contribution in [0.2, 0.25) is 0 Å². The Morgan fingerprint density at radius 2 is 1.43 bits per heavy atom. The largest absolute Gasteiger partial charge is 0.493 e. The molecule has 0 atom stereocenters. The molecule has 0 aliphatic carbocycles. The van der Waals surface area contributed by atoms with Crippen LogP contribution in [0.25, 0.3) is 21.9 Å². The summed E-state index contributed by atoms with van der Waals surface area (Å²) in [6, 6.07) is 8.74. The van der Waals surface area contributed by atoms with Gasteiger partial charge in [0.25, 0.3) is 0 Å². The van der Waals surface area contributed by atoms with E-state index in [0.717, 1.165) is 35.1 Å². The van der Waals surface area contributed by atoms with Gasteiger partial charge in [-0.3, -0.25) is 0 Å². The van der Waals surface area contributed by atoms with Crippen molar-refractivity contribution in [2.45, 2.75) is 72.6 Å². The van der Waals surface area contributed by atoms with Crippen molar-refractivity contribution in [3.8, 4) is 5.75 Å². The summed E-state index contributed by atoms with van der Waals surface area (Å²) < 4.78 is 12.2. The molecule has 0 saturated heterocycles. The zero-order valence-corrected chi connectivity index (χ0v) is 19.7. The number of aryl methyl sites for hydroxylation is 1. The maximum Gasteiger partial charge on any atom is 0.135 e. The van der Waals surface area contributed by atoms with E-state index in [-0.39, 0.29) is 0 Å². The highest BCUT2D eigenvalue weighted by molar-refractivity contribution is 6.06. The number of allylic oxidation sites excluding steroid dienone is 1. The van der Waals surface area contributed by atoms with Crippen molar-refractivity contribution in [2.75, 3.05) is 6.61 Å². The molecule has 162 valence electrons. The van der Waals surface area contributed by atoms with Crippen LogP contribution in [0.15, 0.2) is 54.0 Å². The van der Waals surface area contributed by atoms with E-state index in [4.69, 9.17) is 9.15 Å². The van der Waals surface area contributed by atoms with Gasteiger partial charge in [-0.05, 0) is 67.0 Å². The first kappa shape index (κ1) is 23.8. The predicted octanol–water partition coefficient (Wildman–Crippen LogP) is 9.07. The quantitative estimate of drug-likeness (QED) is 0.275. The first-order chi connectivity index (χ1) is 14.3. The number of unbranched alkanes of at least 4 members (excludes halogenated alkanes) is 1. The second kappa shape index (κ2) is 11.1. The van der Waals surface area contributed by atoms with Crippen LogP contribution in [0.1, 0.15) is 82.4 Å². The maximum atomic E-state index is 6.20. The summed E-state index contributed by atoms with van der Waals surface area (Å²) in [5, 5.41) is 2.30. The van der Waals surface area contributed by atoms with Crippen molar-refractivity contribution in [1.29, 1.82) is 0 Å². The van der Waals surface area contributed by atoms with Crippen LogP contribution in [0, 0.1) is 6.92 Å². The van der Waals surface area contributed by atoms with Gasteiger partial charge < -0.3 is 9.15 Å². The van der Waals surface area contributed by atoms with E-state index in [9.17, 15) is 0 Å². The molecule has 0 bridgehead atoms. The molecule has 0 aliphatic heterocycles. The van der Waals surface area contributed by atoms with E-state index in [2.05, 4.69) is 79.0 Å². The summed E-state index contributed by atoms with van der Waals surface area (Å²) >= 11 is 0. The highest BCUT2D eigenvalue weighted by atomic mass is 16.5. The van der Waals surface area contributed by atoms with Crippen LogP contribution in [0.5, 0.6) is 5.75 Å². The lowest BCUT2D eigenvalue weighted by Gasteiger charge is -2.14. The van der Waals surface area contributed by atoms with Crippen LogP contribution in [-0.4, -0.2) is 6.61 Å². The average Bonchev–Trinajstić information content (AvgIpc) is 3.04. The molecular weight excluding hydrogens is 368 g/mol. The molecule has 1 heterocycles. The molecule has 0 radical (unpaired) electrons. The fraction of sp³-hybridized carbons (Fsp3) is 0.429. The lowest BCUT2D eigenvalue weighted by molar-refractivity contribution is 0.321. The molecule has 2 nitrogen and oxygen atoms in total. The summed E-state index contributed by atoms with van der Waals surface area (Å²) in [6.07, 6.45) is 7.04. The van der Waals surface area contributed by atoms with Gasteiger partial charge in [0.05, 0.1) is 6.61 Å². The lowest BCUT2D eigenvalue weighted by Crippen LogP contribution is -2.00. The predicted molar refractivity (Wildman–Crippen MR) is 132 cm³/mol. The van der Waals surface area contributed by atoms with Crippen LogP contribution in [0.3, 0.4) is 0 Å². The molecule has 0 amide bonds. The Bertz CT molecular complexity index is 989. The third-order valence-electron chi connectivity index (χ3n) is 5.31. The Hall–Kier alpha value is -2.48. The molecule has 0 spiro atoms. The number of rotatable bonds is 8. The van der Waals surface area contributed by atoms with E-state index in [1.54, 1.807) is 0 Å². The molecular formula is C28H38O2. The smallest absolute Gasteiger partial charge is 0.135 e. The molecule has 2 aromatic carbocycles. The van der Waals surface area contributed by atoms with Gasteiger partial charge in [0.1, 0.15) is 16.9 Å². The second-order valence-corrected chi connectivity index (χ2v) is 8.51. The Morgan fingerprint density at radius 1 is 0.867 bits per heavy atom. The number of hydrogen-bond donors (Lipinski definition) is 0. The Morgan fingerprint density at radius 3 is 1.93 bits per heavy atom. The third-order valence-corrected chi connectivity index (χ3v) is 5.31. The Balaban J connectivity index is 0.000000575. The van der Waals surface area contributed by atoms with Crippen molar-refractivity contribution in [1.82, 2.24) is 0 Å². The summed E-state index contributed by atoms with van der Waals surface area (Å²) in [5.74, 6) is 1.82. The number of furan rings is 1. The monoisotopic (exact) mass is 406 g/mol. The van der Waals surface area contributed by atoms with Gasteiger partial charge >= 0.3 is 0 Å². The Labute approximate surface area is 182 Å². The first-order valence-corrected chi connectivity index (χ1v) is 11.2. The number of benzene rings is 2. The van der Waals surface area contributed by atoms with E-state index in [1.165, 1.54) is 28.5 Å². The number of ether oxygens (including phenoxy) is 1. The molecule has 0 saturated carbocycles. The van der Waals surface area contributed by atoms with Crippen LogP contribution in [0.4, 0.5) is 0 Å². The van der Waals surface area contributed by atoms with E-state index in [1.807, 2.05) is 12.2 Å². The van der Waals surface area contributed by atoms with Gasteiger partial charge in [-0.1, -0.05) is 53.2 Å². The van der Waals surface area contributed by atoms with Crippen molar-refractivity contribution < 1.29 is 9.15 Å². The normalized spacial score (nSPS) is 11.1. The fourth-order valence-electron chi connectivity index (χ4n) is 3.64. The van der Waals surface area contributed by atoms with Gasteiger partial charge in [-0.2, -0.15) is 0 Å². The van der Waals surface area contributed by atoms with Crippen LogP contribution >= 0.6 is 0 Å². The zero-order valence-electron chi connectivity index (χ0n) is 19.7. The van der Waals surface area contributed by atoms with Crippen molar-refractivity contribution in [2.24, 2.45) is 0 Å². The van der Waals surface area contributed by atoms with E-state index < -0.39 is 0 Å². The molecule has 0 fully saturated rings. The molecule has 2 heteroatoms. The van der Waals surface area contributed by atoms with Crippen molar-refractivity contribution in [3.05, 3.63) is 66.3 Å². The highest BCUT2D eigenvalue weighted by Crippen LogP contribution is 2.38. The SMILES string of the molecule is C=CCCC.C=CCCOc1cc2c(cc1C(C)C)oc1cc(C(C)C)c(C)cc12. The van der Waals surface area contributed by atoms with Gasteiger partial charge in [-0.25, -0.2) is 0 Å². The average molecular weight is 407 g/mol. The van der Waals surface area contributed by atoms with Crippen LogP contribution < -0.4 is 4.74 Å². The van der Waals surface area contributed by atoms with Gasteiger partial charge in [0.15, 0.2) is 0 Å². The highest BCUT2D eigenvalue weighted by Gasteiger charge is 2.16. The van der Waals surface area contributed by atoms with Crippen molar-refractivity contribution in [3.63, 3.8) is 0 Å². The van der Waals surface area contributed by atoms with E-state index in [0.29, 0.717) is 18.4 Å². The molecule has 0 aliphatic rings. The molecule has 3 aromatic rings. The molecule has 1 aromatic heterocycles. The number of hydrogen-bond acceptors (Lipinski definition) is 2. The molecule has 3 rings (SSSR count). The summed E-state index contributed by atoms with van der Waals surface area (Å²) in [6.45, 7) is 21.1. The topological polar surface area (TPSA) is 22.4 Å². The van der Waals surface area contributed by atoms with Gasteiger partial charge in [0, 0.05) is 16.3 Å². The zero-order chi connectivity index (χ0) is 22.3. The summed E-state index contributed by atoms with van der Waals surface area (Å²) in [4.78, 5) is 0. The lowest BCUT2D eigenvalue weighted by atomic mass is 9.95. The minimum absolute atomic E-state index is 0.379. The van der Waals surface area contributed by atoms with Crippen molar-refractivity contribution >= 4 is 21.9 Å². The van der Waals surface area contributed by atoms with Gasteiger partial charge in [-0.15, -0.1) is 13.2 Å². The van der Waals surface area contributed by atoms with Crippen LogP contribution in [-0.2, 0) is 0 Å². The molecule has 30 heavy (non-hydrogen) atoms.